The minimum atomic E-state index is 0.719. The first-order chi connectivity index (χ1) is 23.6. The highest BCUT2D eigenvalue weighted by Gasteiger charge is 2.17. The van der Waals surface area contributed by atoms with Crippen LogP contribution in [-0.4, -0.2) is 0 Å². The van der Waals surface area contributed by atoms with Crippen LogP contribution in [0.4, 0.5) is 0 Å². The zero-order valence-corrected chi connectivity index (χ0v) is 27.1. The van der Waals surface area contributed by atoms with Crippen molar-refractivity contribution < 1.29 is 0 Å². The average molecular weight is 648 g/mol. The fourth-order valence-electron chi connectivity index (χ4n) is 8.49. The second-order valence-corrected chi connectivity index (χ2v) is 13.9. The molecule has 0 saturated heterocycles. The monoisotopic (exact) mass is 646 g/mol. The Hall–Kier alpha value is -5.40. The molecule has 0 aliphatic carbocycles. The van der Waals surface area contributed by atoms with Gasteiger partial charge in [-0.05, 0) is 122 Å². The van der Waals surface area contributed by atoms with Gasteiger partial charge in [0.05, 0.1) is 0 Å². The Morgan fingerprint density at radius 1 is 0.271 bits per heavy atom. The van der Waals surface area contributed by atoms with Gasteiger partial charge >= 0.3 is 0 Å². The third-order valence-electron chi connectivity index (χ3n) is 10.6. The average Bonchev–Trinajstić information content (AvgIpc) is 3.12. The summed E-state index contributed by atoms with van der Waals surface area (Å²) in [4.78, 5) is 0. The summed E-state index contributed by atoms with van der Waals surface area (Å²) in [6.45, 7) is 0. The SMILES string of the molecule is Clc1cc2c(ccc3cc(-c4ccc5ccc6cccc7ccc4c5c67)cc(Cl)c32)cc1-c1ccc2ccc3cccc4ccc1c2c34. The van der Waals surface area contributed by atoms with E-state index in [1.165, 1.54) is 70.2 Å². The molecule has 222 valence electrons. The molecule has 0 fully saturated rings. The van der Waals surface area contributed by atoms with Gasteiger partial charge in [0.15, 0.2) is 0 Å². The van der Waals surface area contributed by atoms with E-state index < -0.39 is 0 Å². The Morgan fingerprint density at radius 2 is 0.750 bits per heavy atom. The maximum atomic E-state index is 7.23. The van der Waals surface area contributed by atoms with Crippen LogP contribution >= 0.6 is 23.2 Å². The van der Waals surface area contributed by atoms with E-state index in [1.807, 2.05) is 0 Å². The highest BCUT2D eigenvalue weighted by Crippen LogP contribution is 2.45. The molecular formula is C46H24Cl2. The number of fused-ring (bicyclic) bond motifs is 3. The number of benzene rings is 11. The second kappa shape index (κ2) is 9.58. The molecular weight excluding hydrogens is 623 g/mol. The summed E-state index contributed by atoms with van der Waals surface area (Å²) in [5.74, 6) is 0. The largest absolute Gasteiger partial charge is 0.0836 e. The minimum absolute atomic E-state index is 0.719. The van der Waals surface area contributed by atoms with E-state index in [-0.39, 0.29) is 0 Å². The molecule has 48 heavy (non-hydrogen) atoms. The first-order valence-electron chi connectivity index (χ1n) is 16.3. The molecule has 0 aliphatic rings. The predicted octanol–water partition coefficient (Wildman–Crippen LogP) is 14.4. The van der Waals surface area contributed by atoms with Gasteiger partial charge in [0.2, 0.25) is 0 Å². The summed E-state index contributed by atoms with van der Waals surface area (Å²) in [6.07, 6.45) is 0. The van der Waals surface area contributed by atoms with Crippen molar-refractivity contribution in [2.45, 2.75) is 0 Å². The summed E-state index contributed by atoms with van der Waals surface area (Å²) in [6, 6.07) is 53.0. The van der Waals surface area contributed by atoms with Crippen molar-refractivity contribution in [3.63, 3.8) is 0 Å². The van der Waals surface area contributed by atoms with Gasteiger partial charge in [0, 0.05) is 21.0 Å². The molecule has 0 saturated carbocycles. The molecule has 11 aromatic carbocycles. The lowest BCUT2D eigenvalue weighted by Gasteiger charge is -2.17. The maximum absolute atomic E-state index is 7.23. The lowest BCUT2D eigenvalue weighted by Crippen LogP contribution is -1.90. The van der Waals surface area contributed by atoms with Crippen molar-refractivity contribution in [3.05, 3.63) is 156 Å². The lowest BCUT2D eigenvalue weighted by molar-refractivity contribution is 1.69. The molecule has 0 aliphatic heterocycles. The van der Waals surface area contributed by atoms with E-state index in [4.69, 9.17) is 23.2 Å². The molecule has 11 aromatic rings. The molecule has 11 rings (SSSR count). The number of halogens is 2. The van der Waals surface area contributed by atoms with Gasteiger partial charge in [0.1, 0.15) is 0 Å². The van der Waals surface area contributed by atoms with Crippen LogP contribution in [0.1, 0.15) is 0 Å². The van der Waals surface area contributed by atoms with Gasteiger partial charge in [-0.1, -0.05) is 145 Å². The standard InChI is InChI=1S/C46H24Cl2/c47-40-24-38-31(22-39(40)35-18-14-30-10-8-26-4-2-6-28-16-20-37(35)46(30)43(26)28)11-12-32-21-33(23-41(48)44(32)38)34-17-13-29-9-7-25-3-1-5-27-15-19-36(34)45(29)42(25)27/h1-24H. The van der Waals surface area contributed by atoms with Crippen molar-refractivity contribution in [1.29, 1.82) is 0 Å². The Kier molecular flexibility index (Phi) is 5.32. The predicted molar refractivity (Wildman–Crippen MR) is 210 cm³/mol. The van der Waals surface area contributed by atoms with E-state index in [2.05, 4.69) is 146 Å². The summed E-state index contributed by atoms with van der Waals surface area (Å²) in [5, 5.41) is 21.0. The van der Waals surface area contributed by atoms with Crippen molar-refractivity contribution in [2.24, 2.45) is 0 Å². The molecule has 0 amide bonds. The van der Waals surface area contributed by atoms with Gasteiger partial charge in [-0.3, -0.25) is 0 Å². The van der Waals surface area contributed by atoms with Crippen molar-refractivity contribution >= 4 is 109 Å². The van der Waals surface area contributed by atoms with Crippen LogP contribution in [-0.2, 0) is 0 Å². The molecule has 0 radical (unpaired) electrons. The third kappa shape index (κ3) is 3.57. The zero-order valence-electron chi connectivity index (χ0n) is 25.6. The molecule has 0 bridgehead atoms. The highest BCUT2D eigenvalue weighted by atomic mass is 35.5. The quantitative estimate of drug-likeness (QED) is 0.164. The summed E-state index contributed by atoms with van der Waals surface area (Å²) < 4.78 is 0. The Morgan fingerprint density at radius 3 is 1.38 bits per heavy atom. The van der Waals surface area contributed by atoms with Crippen LogP contribution in [0.15, 0.2) is 146 Å². The van der Waals surface area contributed by atoms with Crippen molar-refractivity contribution in [2.75, 3.05) is 0 Å². The highest BCUT2D eigenvalue weighted by molar-refractivity contribution is 6.40. The third-order valence-corrected chi connectivity index (χ3v) is 11.2. The van der Waals surface area contributed by atoms with E-state index in [9.17, 15) is 0 Å². The summed E-state index contributed by atoms with van der Waals surface area (Å²) in [5.41, 5.74) is 4.47. The molecule has 0 aromatic heterocycles. The van der Waals surface area contributed by atoms with E-state index in [0.29, 0.717) is 0 Å². The Bertz CT molecular complexity index is 3100. The normalized spacial score (nSPS) is 12.4. The van der Waals surface area contributed by atoms with Crippen LogP contribution in [0.25, 0.3) is 108 Å². The first kappa shape index (κ1) is 26.6. The Balaban J connectivity index is 1.11. The van der Waals surface area contributed by atoms with Gasteiger partial charge < -0.3 is 0 Å². The fourth-order valence-corrected chi connectivity index (χ4v) is 9.08. The fraction of sp³-hybridized carbons (Fsp3) is 0. The van der Waals surface area contributed by atoms with Gasteiger partial charge in [-0.2, -0.15) is 0 Å². The molecule has 0 nitrogen and oxygen atoms in total. The van der Waals surface area contributed by atoms with E-state index >= 15 is 0 Å². The number of hydrogen-bond donors (Lipinski definition) is 0. The van der Waals surface area contributed by atoms with Crippen molar-refractivity contribution in [3.8, 4) is 22.3 Å². The van der Waals surface area contributed by atoms with Crippen LogP contribution in [0.2, 0.25) is 10.0 Å². The van der Waals surface area contributed by atoms with E-state index in [0.717, 1.165) is 48.3 Å². The summed E-state index contributed by atoms with van der Waals surface area (Å²) in [7, 11) is 0. The lowest BCUT2D eigenvalue weighted by atomic mass is 9.88. The second-order valence-electron chi connectivity index (χ2n) is 13.1. The molecule has 0 unspecified atom stereocenters. The van der Waals surface area contributed by atoms with Crippen LogP contribution in [0, 0.1) is 0 Å². The topological polar surface area (TPSA) is 0 Å². The first-order valence-corrected chi connectivity index (χ1v) is 17.1. The van der Waals surface area contributed by atoms with E-state index in [1.54, 1.807) is 0 Å². The maximum Gasteiger partial charge on any atom is 0.0496 e. The molecule has 0 atom stereocenters. The van der Waals surface area contributed by atoms with Crippen LogP contribution < -0.4 is 0 Å². The van der Waals surface area contributed by atoms with Gasteiger partial charge in [-0.15, -0.1) is 0 Å². The zero-order chi connectivity index (χ0) is 31.7. The van der Waals surface area contributed by atoms with Crippen LogP contribution in [0.3, 0.4) is 0 Å². The smallest absolute Gasteiger partial charge is 0.0496 e. The van der Waals surface area contributed by atoms with Gasteiger partial charge in [0.25, 0.3) is 0 Å². The summed E-state index contributed by atoms with van der Waals surface area (Å²) >= 11 is 14.4. The number of rotatable bonds is 2. The van der Waals surface area contributed by atoms with Gasteiger partial charge in [-0.25, -0.2) is 0 Å². The Labute approximate surface area is 286 Å². The molecule has 2 heteroatoms. The molecule has 0 spiro atoms. The minimum Gasteiger partial charge on any atom is -0.0836 e. The molecule has 0 heterocycles. The molecule has 0 N–H and O–H groups in total. The number of hydrogen-bond acceptors (Lipinski definition) is 0. The van der Waals surface area contributed by atoms with Crippen LogP contribution in [0.5, 0.6) is 0 Å². The van der Waals surface area contributed by atoms with Crippen molar-refractivity contribution in [1.82, 2.24) is 0 Å².